The Morgan fingerprint density at radius 2 is 2.32 bits per heavy atom. The van der Waals surface area contributed by atoms with Crippen LogP contribution < -0.4 is 5.32 Å². The Kier molecular flexibility index (Phi) is 2.75. The Morgan fingerprint density at radius 1 is 1.47 bits per heavy atom. The van der Waals surface area contributed by atoms with Crippen LogP contribution in [0.5, 0.6) is 0 Å². The predicted octanol–water partition coefficient (Wildman–Crippen LogP) is 2.56. The molecule has 2 heterocycles. The fraction of sp³-hybridized carbons (Fsp3) is 0.333. The minimum absolute atomic E-state index is 0.627. The van der Waals surface area contributed by atoms with Crippen molar-refractivity contribution < 1.29 is 0 Å². The van der Waals surface area contributed by atoms with Gasteiger partial charge in [0.15, 0.2) is 0 Å². The largest absolute Gasteiger partial charge is 0.385 e. The lowest BCUT2D eigenvalue weighted by Gasteiger charge is -2.24. The summed E-state index contributed by atoms with van der Waals surface area (Å²) in [6, 6.07) is 6.38. The first-order valence-corrected chi connectivity index (χ1v) is 6.47. The number of hydrogen-bond acceptors (Lipinski definition) is 3. The van der Waals surface area contributed by atoms with Crippen LogP contribution in [0.15, 0.2) is 24.5 Å². The van der Waals surface area contributed by atoms with Gasteiger partial charge < -0.3 is 5.32 Å². The van der Waals surface area contributed by atoms with E-state index in [-0.39, 0.29) is 0 Å². The Balaban J connectivity index is 2.14. The fourth-order valence-corrected chi connectivity index (χ4v) is 2.60. The van der Waals surface area contributed by atoms with Gasteiger partial charge in [-0.05, 0) is 30.0 Å². The molecule has 0 radical (unpaired) electrons. The molecule has 1 aliphatic rings. The summed E-state index contributed by atoms with van der Waals surface area (Å²) in [5.74, 6) is 0.627. The summed E-state index contributed by atoms with van der Waals surface area (Å²) in [7, 11) is 1.89. The highest BCUT2D eigenvalue weighted by atomic mass is 15.2. The van der Waals surface area contributed by atoms with E-state index in [1.165, 1.54) is 5.56 Å². The van der Waals surface area contributed by atoms with Crippen LogP contribution in [0, 0.1) is 17.2 Å². The fourth-order valence-electron chi connectivity index (χ4n) is 2.60. The van der Waals surface area contributed by atoms with Crippen molar-refractivity contribution in [3.8, 4) is 17.2 Å². The molecule has 0 fully saturated rings. The number of aryl methyl sites for hydroxylation is 1. The number of nitriles is 1. The zero-order valence-electron chi connectivity index (χ0n) is 11.1. The number of hydrogen-bond donors (Lipinski definition) is 1. The minimum Gasteiger partial charge on any atom is -0.385 e. The lowest BCUT2D eigenvalue weighted by atomic mass is 9.90. The van der Waals surface area contributed by atoms with E-state index < -0.39 is 0 Å². The summed E-state index contributed by atoms with van der Waals surface area (Å²) in [6.07, 6.45) is 4.81. The van der Waals surface area contributed by atoms with Crippen LogP contribution >= 0.6 is 0 Å². The summed E-state index contributed by atoms with van der Waals surface area (Å²) in [5, 5.41) is 16.9. The smallest absolute Gasteiger partial charge is 0.0998 e. The third-order valence-corrected chi connectivity index (χ3v) is 3.59. The molecule has 0 aliphatic carbocycles. The van der Waals surface area contributed by atoms with E-state index in [9.17, 15) is 5.26 Å². The van der Waals surface area contributed by atoms with Crippen LogP contribution in [0.1, 0.15) is 18.1 Å². The zero-order valence-corrected chi connectivity index (χ0v) is 11.1. The van der Waals surface area contributed by atoms with Crippen molar-refractivity contribution in [1.82, 2.24) is 9.78 Å². The summed E-state index contributed by atoms with van der Waals surface area (Å²) in [4.78, 5) is 0. The maximum Gasteiger partial charge on any atom is 0.0998 e. The minimum atomic E-state index is 0.627. The van der Waals surface area contributed by atoms with Crippen LogP contribution in [-0.2, 0) is 13.5 Å². The molecule has 0 saturated carbocycles. The second-order valence-electron chi connectivity index (χ2n) is 5.26. The van der Waals surface area contributed by atoms with Gasteiger partial charge in [0.2, 0.25) is 0 Å². The number of nitrogens with one attached hydrogen (secondary N) is 1. The lowest BCUT2D eigenvalue weighted by molar-refractivity contribution is 0.595. The van der Waals surface area contributed by atoms with Crippen LogP contribution in [-0.4, -0.2) is 16.3 Å². The van der Waals surface area contributed by atoms with Gasteiger partial charge in [-0.1, -0.05) is 6.92 Å². The maximum atomic E-state index is 9.34. The highest BCUT2D eigenvalue weighted by Crippen LogP contribution is 2.32. The van der Waals surface area contributed by atoms with E-state index in [2.05, 4.69) is 29.5 Å². The maximum absolute atomic E-state index is 9.34. The molecule has 1 aromatic heterocycles. The summed E-state index contributed by atoms with van der Waals surface area (Å²) in [6.45, 7) is 3.21. The predicted molar refractivity (Wildman–Crippen MR) is 74.7 cm³/mol. The first kappa shape index (κ1) is 11.8. The SMILES string of the molecule is CC1CNc2cc(C#N)c(-c3cnn(C)c3)cc2C1. The summed E-state index contributed by atoms with van der Waals surface area (Å²) < 4.78 is 1.76. The molecule has 1 atom stereocenters. The van der Waals surface area contributed by atoms with Crippen molar-refractivity contribution in [2.45, 2.75) is 13.3 Å². The van der Waals surface area contributed by atoms with Crippen LogP contribution in [0.3, 0.4) is 0 Å². The van der Waals surface area contributed by atoms with Gasteiger partial charge in [0.25, 0.3) is 0 Å². The van der Waals surface area contributed by atoms with Gasteiger partial charge >= 0.3 is 0 Å². The van der Waals surface area contributed by atoms with Crippen molar-refractivity contribution in [2.75, 3.05) is 11.9 Å². The number of nitrogens with zero attached hydrogens (tertiary/aromatic N) is 3. The quantitative estimate of drug-likeness (QED) is 0.848. The molecule has 4 heteroatoms. The number of rotatable bonds is 1. The standard InChI is InChI=1S/C15H16N4/c1-10-3-11-4-14(13-8-18-19(2)9-13)12(6-16)5-15(11)17-7-10/h4-5,8-10,17H,3,7H2,1-2H3. The molecule has 1 unspecified atom stereocenters. The highest BCUT2D eigenvalue weighted by Gasteiger charge is 2.18. The van der Waals surface area contributed by atoms with E-state index in [0.29, 0.717) is 11.5 Å². The Bertz CT molecular complexity index is 663. The van der Waals surface area contributed by atoms with Gasteiger partial charge in [-0.15, -0.1) is 0 Å². The molecule has 0 bridgehead atoms. The third-order valence-electron chi connectivity index (χ3n) is 3.59. The number of aromatic nitrogens is 2. The number of anilines is 1. The van der Waals surface area contributed by atoms with E-state index in [4.69, 9.17) is 0 Å². The van der Waals surface area contributed by atoms with Gasteiger partial charge in [-0.3, -0.25) is 4.68 Å². The summed E-state index contributed by atoms with van der Waals surface area (Å²) >= 11 is 0. The molecule has 0 amide bonds. The second-order valence-corrected chi connectivity index (χ2v) is 5.26. The van der Waals surface area contributed by atoms with Gasteiger partial charge in [0.05, 0.1) is 17.8 Å². The van der Waals surface area contributed by atoms with Gasteiger partial charge in [0, 0.05) is 36.6 Å². The zero-order chi connectivity index (χ0) is 13.4. The molecule has 4 nitrogen and oxygen atoms in total. The van der Waals surface area contributed by atoms with Crippen molar-refractivity contribution in [2.24, 2.45) is 13.0 Å². The molecular weight excluding hydrogens is 236 g/mol. The topological polar surface area (TPSA) is 53.6 Å². The Labute approximate surface area is 112 Å². The summed E-state index contributed by atoms with van der Waals surface area (Å²) in [5.41, 5.74) is 5.07. The van der Waals surface area contributed by atoms with Crippen molar-refractivity contribution in [3.05, 3.63) is 35.7 Å². The van der Waals surface area contributed by atoms with Crippen LogP contribution in [0.25, 0.3) is 11.1 Å². The monoisotopic (exact) mass is 252 g/mol. The molecule has 3 rings (SSSR count). The molecule has 0 saturated heterocycles. The first-order chi connectivity index (χ1) is 9.17. The number of benzene rings is 1. The normalized spacial score (nSPS) is 17.4. The lowest BCUT2D eigenvalue weighted by Crippen LogP contribution is -2.20. The first-order valence-electron chi connectivity index (χ1n) is 6.47. The van der Waals surface area contributed by atoms with E-state index in [1.807, 2.05) is 25.5 Å². The van der Waals surface area contributed by atoms with Gasteiger partial charge in [-0.2, -0.15) is 10.4 Å². The average Bonchev–Trinajstić information content (AvgIpc) is 2.83. The van der Waals surface area contributed by atoms with Crippen LogP contribution in [0.4, 0.5) is 5.69 Å². The number of fused-ring (bicyclic) bond motifs is 1. The molecule has 1 aliphatic heterocycles. The Morgan fingerprint density at radius 3 is 3.00 bits per heavy atom. The third kappa shape index (κ3) is 2.08. The molecule has 19 heavy (non-hydrogen) atoms. The molecule has 0 spiro atoms. The molecule has 2 aromatic rings. The van der Waals surface area contributed by atoms with Crippen molar-refractivity contribution in [1.29, 1.82) is 5.26 Å². The van der Waals surface area contributed by atoms with E-state index in [1.54, 1.807) is 4.68 Å². The molecule has 1 aromatic carbocycles. The Hall–Kier alpha value is -2.28. The average molecular weight is 252 g/mol. The van der Waals surface area contributed by atoms with Crippen molar-refractivity contribution in [3.63, 3.8) is 0 Å². The van der Waals surface area contributed by atoms with E-state index >= 15 is 0 Å². The molecule has 96 valence electrons. The second kappa shape index (κ2) is 4.43. The van der Waals surface area contributed by atoms with Crippen LogP contribution in [0.2, 0.25) is 0 Å². The van der Waals surface area contributed by atoms with Crippen molar-refractivity contribution >= 4 is 5.69 Å². The van der Waals surface area contributed by atoms with Gasteiger partial charge in [0.1, 0.15) is 0 Å². The molecule has 1 N–H and O–H groups in total. The van der Waals surface area contributed by atoms with Gasteiger partial charge in [-0.25, -0.2) is 0 Å². The molecular formula is C15H16N4. The van der Waals surface area contributed by atoms with E-state index in [0.717, 1.165) is 29.8 Å². The highest BCUT2D eigenvalue weighted by molar-refractivity contribution is 5.75.